The summed E-state index contributed by atoms with van der Waals surface area (Å²) in [5.74, 6) is 0. The molecule has 0 aliphatic carbocycles. The van der Waals surface area contributed by atoms with Crippen molar-refractivity contribution in [3.8, 4) is 10.6 Å². The second-order valence-electron chi connectivity index (χ2n) is 4.23. The minimum atomic E-state index is -4.48. The Labute approximate surface area is 133 Å². The molecule has 0 saturated heterocycles. The smallest absolute Gasteiger partial charge is 0.312 e. The van der Waals surface area contributed by atoms with E-state index in [1.54, 1.807) is 12.1 Å². The van der Waals surface area contributed by atoms with Gasteiger partial charge >= 0.3 is 6.18 Å². The van der Waals surface area contributed by atoms with Crippen LogP contribution in [0.25, 0.3) is 10.6 Å². The fourth-order valence-electron chi connectivity index (χ4n) is 1.73. The summed E-state index contributed by atoms with van der Waals surface area (Å²) in [5, 5.41) is 3.84. The Hall–Kier alpha value is -0.820. The van der Waals surface area contributed by atoms with Crippen molar-refractivity contribution >= 4 is 34.5 Å². The Morgan fingerprint density at radius 1 is 1.19 bits per heavy atom. The Balaban J connectivity index is 2.47. The molecule has 1 heterocycles. The van der Waals surface area contributed by atoms with E-state index in [1.807, 2.05) is 6.92 Å². The third kappa shape index (κ3) is 4.10. The third-order valence-electron chi connectivity index (χ3n) is 2.61. The Morgan fingerprint density at radius 3 is 2.33 bits per heavy atom. The van der Waals surface area contributed by atoms with Gasteiger partial charge in [0.05, 0.1) is 4.88 Å². The lowest BCUT2D eigenvalue weighted by Gasteiger charge is -2.05. The normalized spacial score (nSPS) is 11.9. The summed E-state index contributed by atoms with van der Waals surface area (Å²) >= 11 is 12.7. The van der Waals surface area contributed by atoms with E-state index in [1.165, 1.54) is 6.07 Å². The molecule has 2 rings (SSSR count). The van der Waals surface area contributed by atoms with Gasteiger partial charge in [0.15, 0.2) is 5.69 Å². The van der Waals surface area contributed by atoms with Crippen LogP contribution >= 0.6 is 34.5 Å². The van der Waals surface area contributed by atoms with Gasteiger partial charge in [-0.15, -0.1) is 11.3 Å². The van der Waals surface area contributed by atoms with Crippen LogP contribution in [0.2, 0.25) is 10.0 Å². The van der Waals surface area contributed by atoms with Crippen LogP contribution in [0.3, 0.4) is 0 Å². The molecule has 0 spiro atoms. The number of halogens is 5. The number of nitrogens with one attached hydrogen (secondary N) is 1. The Morgan fingerprint density at radius 2 is 1.81 bits per heavy atom. The van der Waals surface area contributed by atoms with Crippen LogP contribution in [0, 0.1) is 0 Å². The topological polar surface area (TPSA) is 24.9 Å². The van der Waals surface area contributed by atoms with Gasteiger partial charge in [0.25, 0.3) is 0 Å². The molecule has 0 fully saturated rings. The molecule has 0 saturated carbocycles. The largest absolute Gasteiger partial charge is 0.434 e. The Kier molecular flexibility index (Phi) is 5.14. The molecule has 0 bridgehead atoms. The molecular weight excluding hydrogens is 344 g/mol. The van der Waals surface area contributed by atoms with Crippen LogP contribution in [0.4, 0.5) is 13.2 Å². The SMILES string of the molecule is CCNCc1sc(-c2cc(Cl)cc(Cl)c2)nc1C(F)(F)F. The van der Waals surface area contributed by atoms with E-state index in [2.05, 4.69) is 10.3 Å². The van der Waals surface area contributed by atoms with E-state index in [4.69, 9.17) is 23.2 Å². The minimum absolute atomic E-state index is 0.122. The van der Waals surface area contributed by atoms with Crippen molar-refractivity contribution in [3.63, 3.8) is 0 Å². The first-order chi connectivity index (χ1) is 9.81. The van der Waals surface area contributed by atoms with Gasteiger partial charge in [-0.2, -0.15) is 13.2 Å². The van der Waals surface area contributed by atoms with Crippen molar-refractivity contribution in [2.24, 2.45) is 0 Å². The fraction of sp³-hybridized carbons (Fsp3) is 0.308. The van der Waals surface area contributed by atoms with Gasteiger partial charge in [-0.05, 0) is 24.7 Å². The van der Waals surface area contributed by atoms with E-state index < -0.39 is 11.9 Å². The van der Waals surface area contributed by atoms with E-state index >= 15 is 0 Å². The molecule has 2 nitrogen and oxygen atoms in total. The molecule has 0 atom stereocenters. The van der Waals surface area contributed by atoms with Gasteiger partial charge in [-0.25, -0.2) is 4.98 Å². The molecular formula is C13H11Cl2F3N2S. The van der Waals surface area contributed by atoms with Crippen molar-refractivity contribution < 1.29 is 13.2 Å². The summed E-state index contributed by atoms with van der Waals surface area (Å²) in [6, 6.07) is 4.61. The maximum absolute atomic E-state index is 13.0. The summed E-state index contributed by atoms with van der Waals surface area (Å²) in [6.07, 6.45) is -4.48. The molecule has 1 aromatic heterocycles. The average molecular weight is 355 g/mol. The summed E-state index contributed by atoms with van der Waals surface area (Å²) in [6.45, 7) is 2.52. The first-order valence-electron chi connectivity index (χ1n) is 6.05. The van der Waals surface area contributed by atoms with Crippen molar-refractivity contribution in [1.82, 2.24) is 10.3 Å². The van der Waals surface area contributed by atoms with E-state index in [0.717, 1.165) is 11.3 Å². The van der Waals surface area contributed by atoms with Gasteiger partial charge in [0, 0.05) is 22.2 Å². The number of hydrogen-bond donors (Lipinski definition) is 1. The molecule has 0 unspecified atom stereocenters. The van der Waals surface area contributed by atoms with Crippen molar-refractivity contribution in [2.75, 3.05) is 6.54 Å². The van der Waals surface area contributed by atoms with Gasteiger partial charge in [0.1, 0.15) is 5.01 Å². The van der Waals surface area contributed by atoms with Crippen LogP contribution in [0.15, 0.2) is 18.2 Å². The lowest BCUT2D eigenvalue weighted by atomic mass is 10.2. The second kappa shape index (κ2) is 6.52. The standard InChI is InChI=1S/C13H11Cl2F3N2S/c1-2-19-6-10-11(13(16,17)18)20-12(21-10)7-3-8(14)5-9(15)4-7/h3-5,19H,2,6H2,1H3. The molecule has 0 aliphatic rings. The van der Waals surface area contributed by atoms with Gasteiger partial charge in [0.2, 0.25) is 0 Å². The maximum Gasteiger partial charge on any atom is 0.434 e. The zero-order valence-electron chi connectivity index (χ0n) is 10.9. The lowest BCUT2D eigenvalue weighted by Crippen LogP contribution is -2.15. The summed E-state index contributed by atoms with van der Waals surface area (Å²) in [5.41, 5.74) is -0.384. The lowest BCUT2D eigenvalue weighted by molar-refractivity contribution is -0.141. The average Bonchev–Trinajstić information content (AvgIpc) is 2.79. The van der Waals surface area contributed by atoms with Crippen molar-refractivity contribution in [1.29, 1.82) is 0 Å². The predicted molar refractivity (Wildman–Crippen MR) is 80.0 cm³/mol. The monoisotopic (exact) mass is 354 g/mol. The van der Waals surface area contributed by atoms with E-state index in [9.17, 15) is 13.2 Å². The molecule has 8 heteroatoms. The van der Waals surface area contributed by atoms with Gasteiger partial charge < -0.3 is 5.32 Å². The Bertz CT molecular complexity index is 621. The summed E-state index contributed by atoms with van der Waals surface area (Å²) < 4.78 is 39.1. The van der Waals surface area contributed by atoms with Crippen LogP contribution in [0.5, 0.6) is 0 Å². The highest BCUT2D eigenvalue weighted by Crippen LogP contribution is 2.38. The minimum Gasteiger partial charge on any atom is -0.312 e. The quantitative estimate of drug-likeness (QED) is 0.811. The van der Waals surface area contributed by atoms with Crippen LogP contribution < -0.4 is 5.32 Å². The van der Waals surface area contributed by atoms with Crippen LogP contribution in [-0.4, -0.2) is 11.5 Å². The van der Waals surface area contributed by atoms with Crippen LogP contribution in [-0.2, 0) is 12.7 Å². The predicted octanol–water partition coefficient (Wildman–Crippen LogP) is 5.25. The second-order valence-corrected chi connectivity index (χ2v) is 6.18. The number of hydrogen-bond acceptors (Lipinski definition) is 3. The number of alkyl halides is 3. The molecule has 0 radical (unpaired) electrons. The van der Waals surface area contributed by atoms with Gasteiger partial charge in [-0.3, -0.25) is 0 Å². The molecule has 114 valence electrons. The highest BCUT2D eigenvalue weighted by molar-refractivity contribution is 7.15. The fourth-order valence-corrected chi connectivity index (χ4v) is 3.30. The molecule has 1 aromatic carbocycles. The number of aromatic nitrogens is 1. The van der Waals surface area contributed by atoms with Crippen LogP contribution in [0.1, 0.15) is 17.5 Å². The zero-order chi connectivity index (χ0) is 15.6. The van der Waals surface area contributed by atoms with E-state index in [-0.39, 0.29) is 16.4 Å². The molecule has 21 heavy (non-hydrogen) atoms. The molecule has 0 aliphatic heterocycles. The summed E-state index contributed by atoms with van der Waals surface area (Å²) in [7, 11) is 0. The molecule has 1 N–H and O–H groups in total. The molecule has 2 aromatic rings. The maximum atomic E-state index is 13.0. The van der Waals surface area contributed by atoms with Crippen molar-refractivity contribution in [2.45, 2.75) is 19.6 Å². The number of benzene rings is 1. The highest BCUT2D eigenvalue weighted by atomic mass is 35.5. The molecule has 0 amide bonds. The number of nitrogens with zero attached hydrogens (tertiary/aromatic N) is 1. The third-order valence-corrected chi connectivity index (χ3v) is 4.15. The highest BCUT2D eigenvalue weighted by Gasteiger charge is 2.37. The first-order valence-corrected chi connectivity index (χ1v) is 7.62. The van der Waals surface area contributed by atoms with Crippen molar-refractivity contribution in [3.05, 3.63) is 38.8 Å². The number of rotatable bonds is 4. The summed E-state index contributed by atoms with van der Waals surface area (Å²) in [4.78, 5) is 3.87. The zero-order valence-corrected chi connectivity index (χ0v) is 13.2. The van der Waals surface area contributed by atoms with E-state index in [0.29, 0.717) is 22.2 Å². The number of thiazole rings is 1. The first kappa shape index (κ1) is 16.5. The van der Waals surface area contributed by atoms with Gasteiger partial charge in [-0.1, -0.05) is 30.1 Å².